The van der Waals surface area contributed by atoms with E-state index in [4.69, 9.17) is 18.6 Å². The number of aliphatic hydroxyl groups excluding tert-OH is 1. The molecule has 10 nitrogen and oxygen atoms in total. The van der Waals surface area contributed by atoms with E-state index in [1.165, 1.54) is 17.9 Å². The van der Waals surface area contributed by atoms with Crippen LogP contribution in [0.2, 0.25) is 1.41 Å². The maximum Gasteiger partial charge on any atom is 0.410 e. The van der Waals surface area contributed by atoms with E-state index in [1.807, 2.05) is 27.7 Å². The minimum atomic E-state index is -0.939. The molecule has 3 heterocycles. The third-order valence-electron chi connectivity index (χ3n) is 5.33. The molecule has 0 spiro atoms. The van der Waals surface area contributed by atoms with Crippen LogP contribution in [0, 0.1) is 5.92 Å². The molecule has 2 unspecified atom stereocenters. The number of ether oxygens (including phenoxy) is 2. The maximum atomic E-state index is 12.4. The lowest BCUT2D eigenvalue weighted by molar-refractivity contribution is 0.0266. The zero-order valence-electron chi connectivity index (χ0n) is 21.1. The van der Waals surface area contributed by atoms with Gasteiger partial charge in [-0.05, 0) is 47.0 Å². The Morgan fingerprint density at radius 3 is 2.94 bits per heavy atom. The highest BCUT2D eigenvalue weighted by atomic mass is 16.6. The van der Waals surface area contributed by atoms with E-state index < -0.39 is 17.8 Å². The second kappa shape index (κ2) is 10.6. The van der Waals surface area contributed by atoms with Gasteiger partial charge in [-0.3, -0.25) is 0 Å². The highest BCUT2D eigenvalue weighted by Crippen LogP contribution is 2.32. The molecule has 2 aromatic heterocycles. The summed E-state index contributed by atoms with van der Waals surface area (Å²) in [6.07, 6.45) is 2.55. The van der Waals surface area contributed by atoms with E-state index in [1.54, 1.807) is 4.90 Å². The quantitative estimate of drug-likeness (QED) is 0.552. The van der Waals surface area contributed by atoms with Crippen LogP contribution in [-0.4, -0.2) is 81.8 Å². The molecule has 1 fully saturated rings. The van der Waals surface area contributed by atoms with Gasteiger partial charge in [-0.15, -0.1) is 5.10 Å². The van der Waals surface area contributed by atoms with Gasteiger partial charge >= 0.3 is 12.1 Å². The Hall–Kier alpha value is -2.49. The Balaban J connectivity index is 1.88. The third kappa shape index (κ3) is 6.31. The Kier molecular flexibility index (Phi) is 7.62. The lowest BCUT2D eigenvalue weighted by Crippen LogP contribution is -2.35. The molecule has 2 aromatic rings. The van der Waals surface area contributed by atoms with Gasteiger partial charge in [-0.1, -0.05) is 13.3 Å². The summed E-state index contributed by atoms with van der Waals surface area (Å²) < 4.78 is 21.1. The van der Waals surface area contributed by atoms with E-state index >= 15 is 0 Å². The van der Waals surface area contributed by atoms with Crippen molar-refractivity contribution in [1.29, 1.82) is 0 Å². The van der Waals surface area contributed by atoms with Crippen LogP contribution in [-0.2, 0) is 4.74 Å². The Morgan fingerprint density at radius 2 is 2.27 bits per heavy atom. The third-order valence-corrected chi connectivity index (χ3v) is 5.33. The average Bonchev–Trinajstić information content (AvgIpc) is 3.39. The Labute approximate surface area is 198 Å². The number of carbonyl (C=O) groups excluding carboxylic acids is 1. The van der Waals surface area contributed by atoms with E-state index in [9.17, 15) is 9.90 Å². The number of hydrogen-bond donors (Lipinski definition) is 2. The second-order valence-electron chi connectivity index (χ2n) is 9.35. The molecular weight excluding hydrogens is 422 g/mol. The van der Waals surface area contributed by atoms with Crippen LogP contribution in [0.5, 0.6) is 6.01 Å². The average molecular weight is 456 g/mol. The molecule has 1 aliphatic heterocycles. The summed E-state index contributed by atoms with van der Waals surface area (Å²) in [5, 5.41) is 16.8. The summed E-state index contributed by atoms with van der Waals surface area (Å²) in [5.41, 5.74) is 0.160. The van der Waals surface area contributed by atoms with E-state index in [0.717, 1.165) is 18.2 Å². The van der Waals surface area contributed by atoms with Crippen molar-refractivity contribution in [1.82, 2.24) is 24.5 Å². The van der Waals surface area contributed by atoms with Crippen molar-refractivity contribution in [2.45, 2.75) is 71.7 Å². The molecule has 177 valence electrons. The van der Waals surface area contributed by atoms with Gasteiger partial charge in [0.25, 0.3) is 0 Å². The molecule has 2 N–H and O–H groups in total. The fourth-order valence-corrected chi connectivity index (χ4v) is 3.79. The van der Waals surface area contributed by atoms with Crippen molar-refractivity contribution < 1.29 is 20.8 Å². The highest BCUT2D eigenvalue weighted by molar-refractivity contribution is 6.89. The van der Waals surface area contributed by atoms with Crippen LogP contribution in [0.4, 0.5) is 10.6 Å². The SMILES string of the molecule is [2H]N(C[B][B])c1nc(O[C@@H](C)CCC)nn2c(C(O)C3CCN(C(=O)OC(C)(C)C)C3)cnc12. The minimum absolute atomic E-state index is 0.0889. The van der Waals surface area contributed by atoms with Crippen LogP contribution < -0.4 is 10.0 Å². The van der Waals surface area contributed by atoms with Crippen LogP contribution in [0.3, 0.4) is 0 Å². The number of likely N-dealkylation sites (tertiary alicyclic amines) is 1. The predicted octanol–water partition coefficient (Wildman–Crippen LogP) is 2.14. The topological polar surface area (TPSA) is 114 Å². The number of fused-ring (bicyclic) bond motifs is 1. The highest BCUT2D eigenvalue weighted by Gasteiger charge is 2.35. The molecule has 1 amide bonds. The first-order valence-corrected chi connectivity index (χ1v) is 11.4. The number of rotatable bonds is 9. The number of anilines is 1. The van der Waals surface area contributed by atoms with Crippen LogP contribution in [0.15, 0.2) is 6.20 Å². The first-order chi connectivity index (χ1) is 16.0. The summed E-state index contributed by atoms with van der Waals surface area (Å²) in [4.78, 5) is 22.8. The molecule has 12 heteroatoms. The van der Waals surface area contributed by atoms with Gasteiger partial charge in [0, 0.05) is 26.7 Å². The molecule has 1 aliphatic rings. The van der Waals surface area contributed by atoms with Gasteiger partial charge in [0.1, 0.15) is 11.7 Å². The molecule has 0 bridgehead atoms. The van der Waals surface area contributed by atoms with Crippen LogP contribution in [0.25, 0.3) is 5.65 Å². The number of aliphatic hydroxyl groups is 1. The lowest BCUT2D eigenvalue weighted by Gasteiger charge is -2.25. The van der Waals surface area contributed by atoms with Crippen molar-refractivity contribution in [2.24, 2.45) is 5.92 Å². The zero-order chi connectivity index (χ0) is 25.0. The Morgan fingerprint density at radius 1 is 1.52 bits per heavy atom. The fourth-order valence-electron chi connectivity index (χ4n) is 3.79. The van der Waals surface area contributed by atoms with Crippen molar-refractivity contribution in [3.63, 3.8) is 0 Å². The van der Waals surface area contributed by atoms with Gasteiger partial charge in [0.05, 0.1) is 25.2 Å². The summed E-state index contributed by atoms with van der Waals surface area (Å²) in [6, 6.07) is 0.0889. The van der Waals surface area contributed by atoms with E-state index in [0.29, 0.717) is 30.9 Å². The van der Waals surface area contributed by atoms with Crippen molar-refractivity contribution in [3.05, 3.63) is 11.9 Å². The summed E-state index contributed by atoms with van der Waals surface area (Å²) in [6.45, 7) is 10.3. The largest absolute Gasteiger partial charge is 0.459 e. The molecule has 3 atom stereocenters. The lowest BCUT2D eigenvalue weighted by atomic mass is 9.56. The molecule has 1 saturated heterocycles. The first kappa shape index (κ1) is 23.7. The number of nitrogens with one attached hydrogen (secondary N) is 1. The molecule has 3 rings (SSSR count). The van der Waals surface area contributed by atoms with Gasteiger partial charge in [0.15, 0.2) is 12.9 Å². The predicted molar refractivity (Wildman–Crippen MR) is 127 cm³/mol. The van der Waals surface area contributed by atoms with E-state index in [2.05, 4.69) is 22.0 Å². The Bertz CT molecular complexity index is 988. The molecule has 3 radical (unpaired) electrons. The number of carbonyl (C=O) groups is 1. The van der Waals surface area contributed by atoms with Crippen LogP contribution >= 0.6 is 0 Å². The second-order valence-corrected chi connectivity index (χ2v) is 9.35. The molecule has 0 saturated carbocycles. The number of imidazole rings is 1. The van der Waals surface area contributed by atoms with Crippen molar-refractivity contribution >= 4 is 32.5 Å². The summed E-state index contributed by atoms with van der Waals surface area (Å²) in [5.74, 6) is -0.00523. The van der Waals surface area contributed by atoms with E-state index in [-0.39, 0.29) is 30.3 Å². The first-order valence-electron chi connectivity index (χ1n) is 11.9. The van der Waals surface area contributed by atoms with Gasteiger partial charge in [-0.2, -0.15) is 4.98 Å². The number of nitrogens with zero attached hydrogens (tertiary/aromatic N) is 5. The zero-order valence-corrected chi connectivity index (χ0v) is 20.1. The van der Waals surface area contributed by atoms with Crippen molar-refractivity contribution in [3.8, 4) is 6.01 Å². The number of hydrogen-bond acceptors (Lipinski definition) is 8. The normalized spacial score (nSPS) is 18.7. The van der Waals surface area contributed by atoms with Gasteiger partial charge in [-0.25, -0.2) is 14.3 Å². The minimum Gasteiger partial charge on any atom is -0.459 e. The molecular formula is C21H33B2N6O4. The van der Waals surface area contributed by atoms with Gasteiger partial charge in [0.2, 0.25) is 0 Å². The summed E-state index contributed by atoms with van der Waals surface area (Å²) >= 11 is 0. The van der Waals surface area contributed by atoms with Crippen molar-refractivity contribution in [2.75, 3.05) is 24.8 Å². The van der Waals surface area contributed by atoms with Gasteiger partial charge < -0.3 is 24.8 Å². The number of amides is 1. The molecule has 0 aromatic carbocycles. The summed E-state index contributed by atoms with van der Waals surface area (Å²) in [7, 11) is 6.85. The number of aromatic nitrogens is 4. The van der Waals surface area contributed by atoms with Crippen LogP contribution in [0.1, 0.15) is 65.7 Å². The maximum absolute atomic E-state index is 12.4. The smallest absolute Gasteiger partial charge is 0.410 e. The molecule has 33 heavy (non-hydrogen) atoms. The monoisotopic (exact) mass is 456 g/mol. The standard InChI is InChI=1S/C21H33B2N6O4/c1-6-7-13(2)32-19-26-17(25-12-23-22)18-24-10-15(29(18)27-19)16(30)14-8-9-28(11-14)20(31)33-21(3,4)5/h10,13-14,16,30H,6-9,11-12H2,1-5H3,(H,25,26,27)/t13-,14?,16?/m0/s1/i/hD. The fraction of sp³-hybridized carbons (Fsp3) is 0.714. The molecule has 0 aliphatic carbocycles.